The Hall–Kier alpha value is -3.25. The summed E-state index contributed by atoms with van der Waals surface area (Å²) >= 11 is 6.33. The highest BCUT2D eigenvalue weighted by atomic mass is 35.5. The second-order valence-electron chi connectivity index (χ2n) is 11.1. The first kappa shape index (κ1) is 31.2. The molecule has 1 saturated carbocycles. The number of aliphatic hydroxyl groups excluding tert-OH is 1. The first-order chi connectivity index (χ1) is 20.7. The number of anilines is 1. The Morgan fingerprint density at radius 3 is 2.56 bits per heavy atom. The summed E-state index contributed by atoms with van der Waals surface area (Å²) in [5.41, 5.74) is 1.66. The number of aliphatic hydroxyl groups is 1. The lowest BCUT2D eigenvalue weighted by Crippen LogP contribution is -2.40. The van der Waals surface area contributed by atoms with Gasteiger partial charge in [0.05, 0.1) is 18.0 Å². The number of halogens is 1. The Morgan fingerprint density at radius 2 is 1.91 bits per heavy atom. The van der Waals surface area contributed by atoms with Gasteiger partial charge in [-0.05, 0) is 48.9 Å². The molecule has 10 nitrogen and oxygen atoms in total. The number of methoxy groups -OCH3 is 1. The van der Waals surface area contributed by atoms with E-state index in [1.165, 1.54) is 13.2 Å². The number of unbranched alkanes of at least 4 members (excludes halogenated alkanes) is 1. The fraction of sp³-hybridized carbons (Fsp3) is 0.452. The average molecular weight is 629 g/mol. The number of amides is 1. The van der Waals surface area contributed by atoms with Crippen molar-refractivity contribution in [2.75, 3.05) is 18.1 Å². The van der Waals surface area contributed by atoms with E-state index >= 15 is 0 Å². The molecule has 1 aliphatic carbocycles. The molecule has 1 spiro atoms. The van der Waals surface area contributed by atoms with Crippen LogP contribution in [0.25, 0.3) is 11.1 Å². The molecule has 3 aromatic rings. The smallest absolute Gasteiger partial charge is 0.268 e. The van der Waals surface area contributed by atoms with E-state index in [-0.39, 0.29) is 40.7 Å². The molecule has 1 aliphatic heterocycles. The van der Waals surface area contributed by atoms with Gasteiger partial charge in [0.1, 0.15) is 23.1 Å². The molecule has 1 N–H and O–H groups in total. The molecule has 0 bridgehead atoms. The molecular formula is C31H37ClN4O6S. The maximum Gasteiger partial charge on any atom is 0.268 e. The lowest BCUT2D eigenvalue weighted by atomic mass is 9.96. The van der Waals surface area contributed by atoms with Gasteiger partial charge in [-0.15, -0.1) is 0 Å². The van der Waals surface area contributed by atoms with Crippen molar-refractivity contribution < 1.29 is 27.6 Å². The van der Waals surface area contributed by atoms with Crippen molar-refractivity contribution in [2.24, 2.45) is 4.99 Å². The van der Waals surface area contributed by atoms with Crippen molar-refractivity contribution in [3.8, 4) is 11.1 Å². The predicted molar refractivity (Wildman–Crippen MR) is 164 cm³/mol. The summed E-state index contributed by atoms with van der Waals surface area (Å²) in [6, 6.07) is 12.0. The number of hydrogen-bond acceptors (Lipinski definition) is 8. The third-order valence-electron chi connectivity index (χ3n) is 8.17. The number of carbonyl (C=O) groups excluding carboxylic acids is 1. The summed E-state index contributed by atoms with van der Waals surface area (Å²) < 4.78 is 39.4. The second kappa shape index (κ2) is 12.8. The second-order valence-corrected chi connectivity index (χ2v) is 13.3. The van der Waals surface area contributed by atoms with Crippen molar-refractivity contribution in [1.82, 2.24) is 10.1 Å². The van der Waals surface area contributed by atoms with E-state index in [0.717, 1.165) is 60.7 Å². The van der Waals surface area contributed by atoms with Crippen molar-refractivity contribution in [1.29, 1.82) is 0 Å². The lowest BCUT2D eigenvalue weighted by Gasteiger charge is -2.24. The van der Waals surface area contributed by atoms with Gasteiger partial charge in [-0.3, -0.25) is 14.7 Å². The molecule has 43 heavy (non-hydrogen) atoms. The van der Waals surface area contributed by atoms with E-state index in [2.05, 4.69) is 12.1 Å². The number of ether oxygens (including phenoxy) is 1. The van der Waals surface area contributed by atoms with Crippen LogP contribution in [0.3, 0.4) is 0 Å². The van der Waals surface area contributed by atoms with E-state index < -0.39 is 15.6 Å². The van der Waals surface area contributed by atoms with E-state index in [1.807, 2.05) is 17.0 Å². The van der Waals surface area contributed by atoms with Gasteiger partial charge in [0.15, 0.2) is 5.76 Å². The van der Waals surface area contributed by atoms with E-state index in [4.69, 9.17) is 25.9 Å². The Balaban J connectivity index is 1.50. The maximum atomic E-state index is 14.0. The Morgan fingerprint density at radius 1 is 1.16 bits per heavy atom. The summed E-state index contributed by atoms with van der Waals surface area (Å²) in [7, 11) is -2.87. The third kappa shape index (κ3) is 5.83. The van der Waals surface area contributed by atoms with Crippen LogP contribution in [0, 0.1) is 6.92 Å². The SMILES string of the molecule is CCCCC1=NC2(CCCC2)C(=O)N1Cc1ccc(-c2ccccc2S(=O)(=O)N(COC)c2noc(C)c2Cl)c(CO)c1. The van der Waals surface area contributed by atoms with Crippen LogP contribution in [-0.4, -0.2) is 54.7 Å². The Kier molecular flexibility index (Phi) is 9.26. The number of amidine groups is 1. The minimum absolute atomic E-state index is 0.0156. The van der Waals surface area contributed by atoms with Crippen LogP contribution in [0.2, 0.25) is 5.02 Å². The van der Waals surface area contributed by atoms with Crippen molar-refractivity contribution in [3.05, 3.63) is 64.4 Å². The largest absolute Gasteiger partial charge is 0.392 e. The highest BCUT2D eigenvalue weighted by Crippen LogP contribution is 2.41. The number of rotatable bonds is 12. The number of aromatic nitrogens is 1. The molecule has 230 valence electrons. The van der Waals surface area contributed by atoms with Crippen molar-refractivity contribution in [3.63, 3.8) is 0 Å². The van der Waals surface area contributed by atoms with Crippen LogP contribution in [0.5, 0.6) is 0 Å². The van der Waals surface area contributed by atoms with Crippen LogP contribution in [0.4, 0.5) is 5.82 Å². The number of carbonyl (C=O) groups is 1. The topological polar surface area (TPSA) is 126 Å². The molecule has 2 aromatic carbocycles. The first-order valence-corrected chi connectivity index (χ1v) is 16.3. The monoisotopic (exact) mass is 628 g/mol. The Labute approximate surface area is 257 Å². The molecule has 12 heteroatoms. The molecular weight excluding hydrogens is 592 g/mol. The highest BCUT2D eigenvalue weighted by molar-refractivity contribution is 7.93. The number of sulfonamides is 1. The zero-order valence-electron chi connectivity index (χ0n) is 24.7. The normalized spacial score (nSPS) is 16.3. The highest BCUT2D eigenvalue weighted by Gasteiger charge is 2.49. The van der Waals surface area contributed by atoms with Gasteiger partial charge in [-0.2, -0.15) is 0 Å². The summed E-state index contributed by atoms with van der Waals surface area (Å²) in [6.45, 7) is 3.36. The van der Waals surface area contributed by atoms with Crippen LogP contribution in [0.1, 0.15) is 68.8 Å². The molecule has 0 saturated heterocycles. The van der Waals surface area contributed by atoms with Crippen molar-refractivity contribution in [2.45, 2.75) is 82.4 Å². The number of aryl methyl sites for hydroxylation is 1. The van der Waals surface area contributed by atoms with Gasteiger partial charge in [0, 0.05) is 19.1 Å². The molecule has 2 heterocycles. The summed E-state index contributed by atoms with van der Waals surface area (Å²) in [5.74, 6) is 1.09. The molecule has 5 rings (SSSR count). The number of hydrogen-bond donors (Lipinski definition) is 1. The van der Waals surface area contributed by atoms with Gasteiger partial charge in [-0.1, -0.05) is 79.3 Å². The maximum absolute atomic E-state index is 14.0. The fourth-order valence-corrected chi connectivity index (χ4v) is 7.68. The van der Waals surface area contributed by atoms with E-state index in [0.29, 0.717) is 23.2 Å². The zero-order valence-corrected chi connectivity index (χ0v) is 26.2. The fourth-order valence-electron chi connectivity index (χ4n) is 5.92. The van der Waals surface area contributed by atoms with Gasteiger partial charge in [0.25, 0.3) is 15.9 Å². The van der Waals surface area contributed by atoms with Crippen LogP contribution in [0.15, 0.2) is 56.9 Å². The molecule has 1 fully saturated rings. The average Bonchev–Trinajstić information content (AvgIpc) is 3.69. The molecule has 0 radical (unpaired) electrons. The van der Waals surface area contributed by atoms with Crippen LogP contribution < -0.4 is 4.31 Å². The standard InChI is InChI=1S/C31H37ClN4O6S/c1-4-5-12-27-33-31(15-8-9-16-31)30(38)35(27)18-22-13-14-24(23(17-22)19-37)25-10-6-7-11-26(25)43(39,40)36(20-41-3)29-28(32)21(2)42-34-29/h6-7,10-11,13-14,17,37H,4-5,8-9,12,15-16,18-20H2,1-3H3. The zero-order chi connectivity index (χ0) is 30.8. The van der Waals surface area contributed by atoms with Gasteiger partial charge >= 0.3 is 0 Å². The summed E-state index contributed by atoms with van der Waals surface area (Å²) in [4.78, 5) is 20.4. The third-order valence-corrected chi connectivity index (χ3v) is 10.4. The summed E-state index contributed by atoms with van der Waals surface area (Å²) in [5, 5.41) is 14.4. The van der Waals surface area contributed by atoms with Gasteiger partial charge in [0.2, 0.25) is 5.82 Å². The quantitative estimate of drug-likeness (QED) is 0.250. The Bertz CT molecular complexity index is 1630. The van der Waals surface area contributed by atoms with Crippen LogP contribution >= 0.6 is 11.6 Å². The van der Waals surface area contributed by atoms with E-state index in [1.54, 1.807) is 31.2 Å². The minimum Gasteiger partial charge on any atom is -0.392 e. The molecule has 1 amide bonds. The molecule has 0 atom stereocenters. The number of aliphatic imine (C=N–C) groups is 1. The summed E-state index contributed by atoms with van der Waals surface area (Å²) in [6.07, 6.45) is 6.26. The lowest BCUT2D eigenvalue weighted by molar-refractivity contribution is -0.131. The predicted octanol–water partition coefficient (Wildman–Crippen LogP) is 5.84. The molecule has 1 aromatic heterocycles. The van der Waals surface area contributed by atoms with E-state index in [9.17, 15) is 18.3 Å². The van der Waals surface area contributed by atoms with Gasteiger partial charge in [-0.25, -0.2) is 12.7 Å². The van der Waals surface area contributed by atoms with Gasteiger partial charge < -0.3 is 14.4 Å². The molecule has 2 aliphatic rings. The van der Waals surface area contributed by atoms with Crippen molar-refractivity contribution >= 4 is 39.2 Å². The molecule has 0 unspecified atom stereocenters. The first-order valence-electron chi connectivity index (χ1n) is 14.5. The number of benzene rings is 2. The number of nitrogens with zero attached hydrogens (tertiary/aromatic N) is 4. The minimum atomic E-state index is -4.24. The van der Waals surface area contributed by atoms with Crippen LogP contribution in [-0.2, 0) is 32.7 Å².